The second-order valence-corrected chi connectivity index (χ2v) is 10.2. The fourth-order valence-corrected chi connectivity index (χ4v) is 6.30. The van der Waals surface area contributed by atoms with Gasteiger partial charge in [-0.05, 0) is 47.4 Å². The second-order valence-electron chi connectivity index (χ2n) is 7.29. The monoisotopic (exact) mass is 465 g/mol. The number of rotatable bonds is 6. The summed E-state index contributed by atoms with van der Waals surface area (Å²) in [5.74, 6) is -0.322. The number of benzene rings is 1. The van der Waals surface area contributed by atoms with E-state index in [9.17, 15) is 9.59 Å². The number of hydrogen-bond donors (Lipinski definition) is 2. The Morgan fingerprint density at radius 3 is 2.61 bits per heavy atom. The van der Waals surface area contributed by atoms with Crippen LogP contribution < -0.4 is 10.6 Å². The molecule has 1 aliphatic heterocycles. The van der Waals surface area contributed by atoms with E-state index in [1.165, 1.54) is 11.3 Å². The first-order valence-corrected chi connectivity index (χ1v) is 12.5. The first kappa shape index (κ1) is 20.1. The van der Waals surface area contributed by atoms with Gasteiger partial charge in [0.25, 0.3) is 0 Å². The van der Waals surface area contributed by atoms with Crippen molar-refractivity contribution in [2.24, 2.45) is 5.92 Å². The van der Waals surface area contributed by atoms with Gasteiger partial charge in [-0.2, -0.15) is 0 Å². The summed E-state index contributed by atoms with van der Waals surface area (Å²) >= 11 is 4.79. The Morgan fingerprint density at radius 2 is 1.84 bits per heavy atom. The lowest BCUT2D eigenvalue weighted by Crippen LogP contribution is -2.30. The molecule has 2 N–H and O–H groups in total. The van der Waals surface area contributed by atoms with Gasteiger partial charge in [0.15, 0.2) is 5.13 Å². The van der Waals surface area contributed by atoms with Crippen molar-refractivity contribution in [1.82, 2.24) is 4.98 Å². The molecule has 4 aromatic rings. The van der Waals surface area contributed by atoms with Crippen LogP contribution in [0.15, 0.2) is 59.3 Å². The van der Waals surface area contributed by atoms with Crippen LogP contribution in [0.1, 0.15) is 18.4 Å². The highest BCUT2D eigenvalue weighted by Crippen LogP contribution is 2.42. The van der Waals surface area contributed by atoms with E-state index in [0.717, 1.165) is 31.6 Å². The summed E-state index contributed by atoms with van der Waals surface area (Å²) in [5.41, 5.74) is 2.90. The second kappa shape index (κ2) is 8.74. The van der Waals surface area contributed by atoms with Crippen LogP contribution in [-0.4, -0.2) is 16.8 Å². The summed E-state index contributed by atoms with van der Waals surface area (Å²) in [6.07, 6.45) is 1.45. The minimum Gasteiger partial charge on any atom is -0.326 e. The number of hydrogen-bond acceptors (Lipinski definition) is 6. The maximum atomic E-state index is 12.6. The predicted octanol–water partition coefficient (Wildman–Crippen LogP) is 6.13. The van der Waals surface area contributed by atoms with Gasteiger partial charge in [-0.25, -0.2) is 4.98 Å². The Bertz CT molecular complexity index is 1160. The Labute approximate surface area is 191 Å². The summed E-state index contributed by atoms with van der Waals surface area (Å²) in [5, 5.41) is 10.6. The van der Waals surface area contributed by atoms with E-state index in [0.29, 0.717) is 18.0 Å². The molecule has 2 amide bonds. The van der Waals surface area contributed by atoms with E-state index in [2.05, 4.69) is 16.7 Å². The number of nitrogens with one attached hydrogen (secondary N) is 2. The van der Waals surface area contributed by atoms with Gasteiger partial charge >= 0.3 is 0 Å². The van der Waals surface area contributed by atoms with Crippen molar-refractivity contribution in [3.8, 4) is 20.3 Å². The van der Waals surface area contributed by atoms with Crippen LogP contribution in [0, 0.1) is 5.92 Å². The van der Waals surface area contributed by atoms with Crippen molar-refractivity contribution in [2.75, 3.05) is 10.6 Å². The zero-order chi connectivity index (χ0) is 21.2. The lowest BCUT2D eigenvalue weighted by Gasteiger charge is -2.24. The average Bonchev–Trinajstić information content (AvgIpc) is 3.53. The van der Waals surface area contributed by atoms with Gasteiger partial charge in [-0.1, -0.05) is 41.7 Å². The molecule has 1 aromatic carbocycles. The minimum atomic E-state index is -0.194. The van der Waals surface area contributed by atoms with Crippen LogP contribution in [0.5, 0.6) is 0 Å². The van der Waals surface area contributed by atoms with Crippen LogP contribution in [0.3, 0.4) is 0 Å². The molecule has 156 valence electrons. The van der Waals surface area contributed by atoms with E-state index in [1.54, 1.807) is 22.7 Å². The summed E-state index contributed by atoms with van der Waals surface area (Å²) in [4.78, 5) is 33.0. The molecule has 0 radical (unpaired) electrons. The number of aromatic nitrogens is 1. The number of carbonyl (C=O) groups excluding carboxylic acids is 2. The Morgan fingerprint density at radius 1 is 1.06 bits per heavy atom. The molecule has 8 heteroatoms. The highest BCUT2D eigenvalue weighted by Gasteiger charge is 2.26. The standard InChI is InChI=1S/C23H19N3O2S3/c27-19(10-9-15-13-14-5-1-2-6-16(14)24-22(15)28)25-23-26-20(17-7-3-11-29-17)21(31-23)18-8-4-12-30-18/h1-8,11-12,15H,9-10,13H2,(H,24,28)(H,25,26,27). The number of anilines is 2. The fourth-order valence-electron chi connectivity index (χ4n) is 3.66. The topological polar surface area (TPSA) is 71.1 Å². The first-order chi connectivity index (χ1) is 15.2. The Hall–Kier alpha value is -2.81. The van der Waals surface area contributed by atoms with E-state index >= 15 is 0 Å². The smallest absolute Gasteiger partial charge is 0.227 e. The number of fused-ring (bicyclic) bond motifs is 1. The molecular formula is C23H19N3O2S3. The molecule has 1 aliphatic rings. The molecular weight excluding hydrogens is 446 g/mol. The molecule has 31 heavy (non-hydrogen) atoms. The molecule has 4 heterocycles. The molecule has 1 atom stereocenters. The molecule has 0 saturated carbocycles. The summed E-state index contributed by atoms with van der Waals surface area (Å²) in [6.45, 7) is 0. The molecule has 0 saturated heterocycles. The molecule has 5 rings (SSSR count). The van der Waals surface area contributed by atoms with Crippen molar-refractivity contribution < 1.29 is 9.59 Å². The largest absolute Gasteiger partial charge is 0.326 e. The Kier molecular flexibility index (Phi) is 5.67. The number of thiophene rings is 2. The molecule has 0 bridgehead atoms. The lowest BCUT2D eigenvalue weighted by molar-refractivity contribution is -0.121. The van der Waals surface area contributed by atoms with Gasteiger partial charge in [-0.15, -0.1) is 22.7 Å². The van der Waals surface area contributed by atoms with Crippen LogP contribution in [-0.2, 0) is 16.0 Å². The Balaban J connectivity index is 1.27. The van der Waals surface area contributed by atoms with Gasteiger partial charge in [0, 0.05) is 22.9 Å². The van der Waals surface area contributed by atoms with E-state index in [-0.39, 0.29) is 24.2 Å². The van der Waals surface area contributed by atoms with E-state index < -0.39 is 0 Å². The minimum absolute atomic E-state index is 0.0132. The van der Waals surface area contributed by atoms with Gasteiger partial charge < -0.3 is 10.6 Å². The van der Waals surface area contributed by atoms with Crippen molar-refractivity contribution in [2.45, 2.75) is 19.3 Å². The predicted molar refractivity (Wildman–Crippen MR) is 129 cm³/mol. The van der Waals surface area contributed by atoms with Crippen LogP contribution >= 0.6 is 34.0 Å². The maximum absolute atomic E-state index is 12.6. The summed E-state index contributed by atoms with van der Waals surface area (Å²) in [7, 11) is 0. The summed E-state index contributed by atoms with van der Waals surface area (Å²) in [6, 6.07) is 16.0. The molecule has 0 fully saturated rings. The highest BCUT2D eigenvalue weighted by molar-refractivity contribution is 7.24. The number of thiazole rings is 1. The van der Waals surface area contributed by atoms with Gasteiger partial charge in [0.1, 0.15) is 5.69 Å². The van der Waals surface area contributed by atoms with Crippen LogP contribution in [0.2, 0.25) is 0 Å². The third-order valence-corrected chi connectivity index (χ3v) is 8.10. The van der Waals surface area contributed by atoms with Crippen molar-refractivity contribution in [3.05, 3.63) is 64.9 Å². The number of amides is 2. The molecule has 3 aromatic heterocycles. The quantitative estimate of drug-likeness (QED) is 0.360. The van der Waals surface area contributed by atoms with Gasteiger partial charge in [0.2, 0.25) is 11.8 Å². The number of carbonyl (C=O) groups is 2. The number of para-hydroxylation sites is 1. The molecule has 0 spiro atoms. The van der Waals surface area contributed by atoms with Gasteiger partial charge in [0.05, 0.1) is 9.75 Å². The zero-order valence-electron chi connectivity index (χ0n) is 16.5. The first-order valence-electron chi connectivity index (χ1n) is 9.94. The fraction of sp³-hybridized carbons (Fsp3) is 0.174. The van der Waals surface area contributed by atoms with Crippen molar-refractivity contribution in [3.63, 3.8) is 0 Å². The maximum Gasteiger partial charge on any atom is 0.227 e. The SMILES string of the molecule is O=C(CCC1Cc2ccccc2NC1=O)Nc1nc(-c2cccs2)c(-c2cccs2)s1. The summed E-state index contributed by atoms with van der Waals surface area (Å²) < 4.78 is 0. The van der Waals surface area contributed by atoms with Gasteiger partial charge in [-0.3, -0.25) is 9.59 Å². The van der Waals surface area contributed by atoms with Crippen LogP contribution in [0.4, 0.5) is 10.8 Å². The zero-order valence-corrected chi connectivity index (χ0v) is 18.9. The highest BCUT2D eigenvalue weighted by atomic mass is 32.1. The van der Waals surface area contributed by atoms with Crippen molar-refractivity contribution in [1.29, 1.82) is 0 Å². The normalized spacial score (nSPS) is 15.4. The molecule has 5 nitrogen and oxygen atoms in total. The lowest BCUT2D eigenvalue weighted by atomic mass is 9.89. The third kappa shape index (κ3) is 4.32. The molecule has 1 unspecified atom stereocenters. The van der Waals surface area contributed by atoms with Crippen molar-refractivity contribution >= 4 is 56.6 Å². The van der Waals surface area contributed by atoms with E-state index in [4.69, 9.17) is 4.98 Å². The average molecular weight is 466 g/mol. The molecule has 0 aliphatic carbocycles. The third-order valence-electron chi connectivity index (χ3n) is 5.21. The number of nitrogens with zero attached hydrogens (tertiary/aromatic N) is 1. The van der Waals surface area contributed by atoms with E-state index in [1.807, 2.05) is 53.2 Å². The van der Waals surface area contributed by atoms with Crippen LogP contribution in [0.25, 0.3) is 20.3 Å².